The van der Waals surface area contributed by atoms with E-state index in [-0.39, 0.29) is 5.82 Å². The molecule has 0 N–H and O–H groups in total. The van der Waals surface area contributed by atoms with E-state index < -0.39 is 0 Å². The molecule has 0 unspecified atom stereocenters. The molecule has 0 nitrogen and oxygen atoms in total. The van der Waals surface area contributed by atoms with Crippen LogP contribution in [0.3, 0.4) is 0 Å². The first-order valence-electron chi connectivity index (χ1n) is 4.28. The Labute approximate surface area is 95.9 Å². The monoisotopic (exact) mass is 298 g/mol. The zero-order chi connectivity index (χ0) is 9.97. The Morgan fingerprint density at radius 1 is 0.929 bits per heavy atom. The molecule has 2 aromatic rings. The molecule has 0 radical (unpaired) electrons. The Balaban J connectivity index is 2.55. The van der Waals surface area contributed by atoms with Crippen LogP contribution >= 0.6 is 22.6 Å². The summed E-state index contributed by atoms with van der Waals surface area (Å²) in [6.07, 6.45) is 0. The van der Waals surface area contributed by atoms with Crippen molar-refractivity contribution >= 4 is 22.6 Å². The second-order valence-electron chi connectivity index (χ2n) is 2.99. The van der Waals surface area contributed by atoms with E-state index in [9.17, 15) is 4.39 Å². The Morgan fingerprint density at radius 2 is 1.71 bits per heavy atom. The quantitative estimate of drug-likeness (QED) is 0.695. The summed E-state index contributed by atoms with van der Waals surface area (Å²) in [6.45, 7) is 0. The van der Waals surface area contributed by atoms with E-state index >= 15 is 0 Å². The molecular weight excluding hydrogens is 290 g/mol. The van der Waals surface area contributed by atoms with Crippen LogP contribution in [0.5, 0.6) is 0 Å². The zero-order valence-electron chi connectivity index (χ0n) is 7.37. The summed E-state index contributed by atoms with van der Waals surface area (Å²) in [4.78, 5) is 0. The van der Waals surface area contributed by atoms with Gasteiger partial charge in [0.2, 0.25) is 0 Å². The summed E-state index contributed by atoms with van der Waals surface area (Å²) < 4.78 is 14.5. The van der Waals surface area contributed by atoms with Crippen LogP contribution in [-0.4, -0.2) is 0 Å². The van der Waals surface area contributed by atoms with Crippen LogP contribution in [0.25, 0.3) is 11.1 Å². The second kappa shape index (κ2) is 4.09. The predicted octanol–water partition coefficient (Wildman–Crippen LogP) is 4.10. The van der Waals surface area contributed by atoms with Gasteiger partial charge in [0.25, 0.3) is 0 Å². The molecule has 0 aromatic heterocycles. The minimum absolute atomic E-state index is 0.172. The highest BCUT2D eigenvalue weighted by Crippen LogP contribution is 2.23. The molecule has 0 bridgehead atoms. The van der Waals surface area contributed by atoms with Gasteiger partial charge in [-0.3, -0.25) is 0 Å². The summed E-state index contributed by atoms with van der Waals surface area (Å²) in [5.41, 5.74) is 1.58. The van der Waals surface area contributed by atoms with Gasteiger partial charge in [0.15, 0.2) is 0 Å². The fourth-order valence-electron chi connectivity index (χ4n) is 1.35. The summed E-state index contributed by atoms with van der Waals surface area (Å²) in [6, 6.07) is 14.6. The lowest BCUT2D eigenvalue weighted by molar-refractivity contribution is 0.631. The molecule has 70 valence electrons. The van der Waals surface area contributed by atoms with Gasteiger partial charge in [-0.05, 0) is 46.4 Å². The van der Waals surface area contributed by atoms with Crippen molar-refractivity contribution in [3.05, 3.63) is 57.9 Å². The van der Waals surface area contributed by atoms with Crippen LogP contribution in [-0.2, 0) is 0 Å². The molecule has 2 aromatic carbocycles. The topological polar surface area (TPSA) is 0 Å². The number of hydrogen-bond donors (Lipinski definition) is 0. The maximum atomic E-state index is 13.4. The largest absolute Gasteiger partial charge is 0.206 e. The van der Waals surface area contributed by atoms with Gasteiger partial charge < -0.3 is 0 Å². The number of benzene rings is 2. The molecule has 2 heteroatoms. The Kier molecular flexibility index (Phi) is 2.82. The zero-order valence-corrected chi connectivity index (χ0v) is 9.53. The maximum absolute atomic E-state index is 13.4. The van der Waals surface area contributed by atoms with Gasteiger partial charge in [-0.15, -0.1) is 0 Å². The van der Waals surface area contributed by atoms with Crippen molar-refractivity contribution in [2.45, 2.75) is 0 Å². The average Bonchev–Trinajstić information content (AvgIpc) is 2.18. The van der Waals surface area contributed by atoms with E-state index in [0.29, 0.717) is 5.56 Å². The van der Waals surface area contributed by atoms with Gasteiger partial charge in [-0.25, -0.2) is 4.39 Å². The van der Waals surface area contributed by atoms with Crippen molar-refractivity contribution < 1.29 is 4.39 Å². The van der Waals surface area contributed by atoms with Gasteiger partial charge in [-0.2, -0.15) is 0 Å². The third kappa shape index (κ3) is 1.95. The smallest absolute Gasteiger partial charge is 0.131 e. The first kappa shape index (κ1) is 9.65. The fourth-order valence-corrected chi connectivity index (χ4v) is 1.89. The number of hydrogen-bond acceptors (Lipinski definition) is 0. The molecule has 0 atom stereocenters. The Bertz CT molecular complexity index is 452. The molecule has 0 fully saturated rings. The molecule has 0 saturated heterocycles. The highest BCUT2D eigenvalue weighted by molar-refractivity contribution is 14.1. The van der Waals surface area contributed by atoms with Crippen molar-refractivity contribution in [1.82, 2.24) is 0 Å². The minimum atomic E-state index is -0.172. The van der Waals surface area contributed by atoms with Crippen molar-refractivity contribution in [1.29, 1.82) is 0 Å². The van der Waals surface area contributed by atoms with Gasteiger partial charge in [0.05, 0.1) is 0 Å². The molecule has 0 heterocycles. The molecule has 0 aliphatic rings. The van der Waals surface area contributed by atoms with Gasteiger partial charge in [-0.1, -0.05) is 30.3 Å². The Hall–Kier alpha value is -0.900. The van der Waals surface area contributed by atoms with Crippen molar-refractivity contribution in [2.75, 3.05) is 0 Å². The lowest BCUT2D eigenvalue weighted by Gasteiger charge is -2.02. The molecule has 0 spiro atoms. The van der Waals surface area contributed by atoms with Gasteiger partial charge in [0, 0.05) is 9.13 Å². The molecular formula is C12H8FI. The summed E-state index contributed by atoms with van der Waals surface area (Å²) >= 11 is 2.22. The van der Waals surface area contributed by atoms with Crippen LogP contribution in [0.15, 0.2) is 48.5 Å². The first-order chi connectivity index (χ1) is 6.77. The molecule has 0 aliphatic carbocycles. The third-order valence-electron chi connectivity index (χ3n) is 2.01. The Morgan fingerprint density at radius 3 is 2.43 bits per heavy atom. The summed E-state index contributed by atoms with van der Waals surface area (Å²) in [5, 5.41) is 0. The van der Waals surface area contributed by atoms with E-state index in [4.69, 9.17) is 0 Å². The predicted molar refractivity (Wildman–Crippen MR) is 64.6 cm³/mol. The van der Waals surface area contributed by atoms with E-state index in [2.05, 4.69) is 22.6 Å². The first-order valence-corrected chi connectivity index (χ1v) is 5.36. The minimum Gasteiger partial charge on any atom is -0.206 e. The lowest BCUT2D eigenvalue weighted by atomic mass is 10.1. The van der Waals surface area contributed by atoms with Crippen molar-refractivity contribution in [3.8, 4) is 11.1 Å². The van der Waals surface area contributed by atoms with Crippen molar-refractivity contribution in [3.63, 3.8) is 0 Å². The highest BCUT2D eigenvalue weighted by atomic mass is 127. The number of rotatable bonds is 1. The molecule has 0 amide bonds. The van der Waals surface area contributed by atoms with E-state index in [1.54, 1.807) is 12.1 Å². The van der Waals surface area contributed by atoms with Crippen LogP contribution in [0, 0.1) is 9.39 Å². The standard InChI is InChI=1S/C12H8FI/c13-12-7-2-1-6-11(12)9-4-3-5-10(14)8-9/h1-8H. The normalized spacial score (nSPS) is 10.1. The average molecular weight is 298 g/mol. The second-order valence-corrected chi connectivity index (χ2v) is 4.24. The molecule has 2 rings (SSSR count). The maximum Gasteiger partial charge on any atom is 0.131 e. The van der Waals surface area contributed by atoms with Crippen LogP contribution in [0.4, 0.5) is 4.39 Å². The van der Waals surface area contributed by atoms with E-state index in [1.165, 1.54) is 6.07 Å². The highest BCUT2D eigenvalue weighted by Gasteiger charge is 2.02. The van der Waals surface area contributed by atoms with E-state index in [0.717, 1.165) is 9.13 Å². The van der Waals surface area contributed by atoms with Crippen LogP contribution < -0.4 is 0 Å². The lowest BCUT2D eigenvalue weighted by Crippen LogP contribution is -1.83. The summed E-state index contributed by atoms with van der Waals surface area (Å²) in [5.74, 6) is -0.172. The third-order valence-corrected chi connectivity index (χ3v) is 2.68. The fraction of sp³-hybridized carbons (Fsp3) is 0. The van der Waals surface area contributed by atoms with E-state index in [1.807, 2.05) is 30.3 Å². The summed E-state index contributed by atoms with van der Waals surface area (Å²) in [7, 11) is 0. The van der Waals surface area contributed by atoms with Gasteiger partial charge >= 0.3 is 0 Å². The van der Waals surface area contributed by atoms with Crippen molar-refractivity contribution in [2.24, 2.45) is 0 Å². The van der Waals surface area contributed by atoms with Crippen LogP contribution in [0.1, 0.15) is 0 Å². The molecule has 0 saturated carbocycles. The SMILES string of the molecule is Fc1ccccc1-c1cccc(I)c1. The van der Waals surface area contributed by atoms with Gasteiger partial charge in [0.1, 0.15) is 5.82 Å². The van der Waals surface area contributed by atoms with Crippen LogP contribution in [0.2, 0.25) is 0 Å². The molecule has 14 heavy (non-hydrogen) atoms. The number of halogens is 2. The molecule has 0 aliphatic heterocycles.